The molecule has 0 saturated carbocycles. The number of thioether (sulfide) groups is 1. The van der Waals surface area contributed by atoms with Crippen molar-refractivity contribution in [3.63, 3.8) is 0 Å². The Balaban J connectivity index is 2.38. The van der Waals surface area contributed by atoms with Crippen molar-refractivity contribution in [3.05, 3.63) is 46.2 Å². The van der Waals surface area contributed by atoms with E-state index in [1.54, 1.807) is 30.3 Å². The molecule has 1 aromatic heterocycles. The fraction of sp³-hybridized carbons (Fsp3) is 0.188. The molecular formula is C16H15N4O5S-. The fourth-order valence-electron chi connectivity index (χ4n) is 1.87. The molecule has 2 amide bonds. The molecule has 0 radical (unpaired) electrons. The van der Waals surface area contributed by atoms with E-state index in [0.717, 1.165) is 11.8 Å². The molecule has 1 aromatic carbocycles. The quantitative estimate of drug-likeness (QED) is 0.483. The Morgan fingerprint density at radius 2 is 1.85 bits per heavy atom. The van der Waals surface area contributed by atoms with Gasteiger partial charge in [-0.25, -0.2) is 4.98 Å². The van der Waals surface area contributed by atoms with Gasteiger partial charge in [0, 0.05) is 17.7 Å². The summed E-state index contributed by atoms with van der Waals surface area (Å²) in [4.78, 5) is 53.2. The van der Waals surface area contributed by atoms with Crippen LogP contribution >= 0.6 is 11.8 Å². The number of carbonyl (C=O) groups is 3. The monoisotopic (exact) mass is 375 g/mol. The Bertz CT molecular complexity index is 897. The van der Waals surface area contributed by atoms with Crippen molar-refractivity contribution in [1.82, 2.24) is 9.97 Å². The number of aliphatic carboxylic acids is 1. The van der Waals surface area contributed by atoms with Gasteiger partial charge in [0.1, 0.15) is 0 Å². The average molecular weight is 375 g/mol. The number of benzene rings is 1. The van der Waals surface area contributed by atoms with E-state index >= 15 is 0 Å². The van der Waals surface area contributed by atoms with Crippen LogP contribution in [0.4, 0.5) is 11.5 Å². The zero-order valence-electron chi connectivity index (χ0n) is 13.9. The first-order valence-corrected chi connectivity index (χ1v) is 8.31. The molecule has 0 unspecified atom stereocenters. The second-order valence-electron chi connectivity index (χ2n) is 5.18. The third kappa shape index (κ3) is 4.93. The Labute approximate surface area is 152 Å². The SMILES string of the molecule is CC(=O)Nc1nc(S[C@@H](C)C(=O)[O-])[nH]c(=O)c1NC(=O)c1ccccc1. The van der Waals surface area contributed by atoms with Crippen LogP contribution in [0.1, 0.15) is 24.2 Å². The van der Waals surface area contributed by atoms with Crippen molar-refractivity contribution in [2.24, 2.45) is 0 Å². The molecule has 0 saturated heterocycles. The van der Waals surface area contributed by atoms with Gasteiger partial charge in [0.25, 0.3) is 11.5 Å². The molecule has 10 heteroatoms. The summed E-state index contributed by atoms with van der Waals surface area (Å²) in [6.45, 7) is 2.57. The van der Waals surface area contributed by atoms with Crippen LogP contribution in [0, 0.1) is 0 Å². The highest BCUT2D eigenvalue weighted by atomic mass is 32.2. The van der Waals surface area contributed by atoms with Crippen LogP contribution in [-0.2, 0) is 9.59 Å². The van der Waals surface area contributed by atoms with Crippen LogP contribution in [0.15, 0.2) is 40.3 Å². The van der Waals surface area contributed by atoms with Crippen LogP contribution in [-0.4, -0.2) is 33.0 Å². The number of hydrogen-bond donors (Lipinski definition) is 3. The summed E-state index contributed by atoms with van der Waals surface area (Å²) in [7, 11) is 0. The Kier molecular flexibility index (Phi) is 6.12. The summed E-state index contributed by atoms with van der Waals surface area (Å²) in [5, 5.41) is 14.6. The Morgan fingerprint density at radius 3 is 2.42 bits per heavy atom. The number of nitrogens with zero attached hydrogens (tertiary/aromatic N) is 1. The molecule has 1 heterocycles. The number of nitrogens with one attached hydrogen (secondary N) is 3. The molecule has 0 aliphatic heterocycles. The van der Waals surface area contributed by atoms with Gasteiger partial charge in [-0.2, -0.15) is 0 Å². The minimum Gasteiger partial charge on any atom is -0.549 e. The summed E-state index contributed by atoms with van der Waals surface area (Å²) in [5.74, 6) is -2.59. The molecule has 0 fully saturated rings. The van der Waals surface area contributed by atoms with Crippen LogP contribution < -0.4 is 21.3 Å². The maximum atomic E-state index is 12.3. The van der Waals surface area contributed by atoms with Crippen LogP contribution in [0.2, 0.25) is 0 Å². The highest BCUT2D eigenvalue weighted by molar-refractivity contribution is 8.00. The summed E-state index contributed by atoms with van der Waals surface area (Å²) >= 11 is 0.738. The van der Waals surface area contributed by atoms with Gasteiger partial charge in [0.05, 0.1) is 5.97 Å². The largest absolute Gasteiger partial charge is 0.549 e. The highest BCUT2D eigenvalue weighted by Gasteiger charge is 2.18. The third-order valence-electron chi connectivity index (χ3n) is 3.09. The maximum Gasteiger partial charge on any atom is 0.277 e. The molecule has 26 heavy (non-hydrogen) atoms. The average Bonchev–Trinajstić information content (AvgIpc) is 2.58. The predicted octanol–water partition coefficient (Wildman–Crippen LogP) is 0.211. The highest BCUT2D eigenvalue weighted by Crippen LogP contribution is 2.22. The third-order valence-corrected chi connectivity index (χ3v) is 4.05. The smallest absolute Gasteiger partial charge is 0.277 e. The summed E-state index contributed by atoms with van der Waals surface area (Å²) in [6, 6.07) is 8.17. The molecule has 3 N–H and O–H groups in total. The van der Waals surface area contributed by atoms with E-state index in [1.165, 1.54) is 13.8 Å². The first-order valence-electron chi connectivity index (χ1n) is 7.43. The topological polar surface area (TPSA) is 144 Å². The van der Waals surface area contributed by atoms with Gasteiger partial charge < -0.3 is 20.5 Å². The lowest BCUT2D eigenvalue weighted by Crippen LogP contribution is -2.32. The van der Waals surface area contributed by atoms with Gasteiger partial charge >= 0.3 is 0 Å². The van der Waals surface area contributed by atoms with Crippen molar-refractivity contribution < 1.29 is 19.5 Å². The number of hydrogen-bond acceptors (Lipinski definition) is 7. The number of carboxylic acid groups (broad SMARTS) is 1. The molecular weight excluding hydrogens is 360 g/mol. The van der Waals surface area contributed by atoms with E-state index in [2.05, 4.69) is 20.6 Å². The van der Waals surface area contributed by atoms with E-state index in [-0.39, 0.29) is 16.7 Å². The van der Waals surface area contributed by atoms with E-state index in [9.17, 15) is 24.3 Å². The molecule has 0 spiro atoms. The van der Waals surface area contributed by atoms with E-state index in [4.69, 9.17) is 0 Å². The standard InChI is InChI=1S/C16H16N4O5S/c1-8(15(24)25)26-16-19-12(17-9(2)21)11(14(23)20-16)18-13(22)10-6-4-3-5-7-10/h3-8H,1-2H3,(H,18,22)(H,24,25)(H2,17,19,20,21,23)/p-1/t8-/m0/s1. The molecule has 2 rings (SSSR count). The summed E-state index contributed by atoms with van der Waals surface area (Å²) < 4.78 is 0. The Morgan fingerprint density at radius 1 is 1.19 bits per heavy atom. The predicted molar refractivity (Wildman–Crippen MR) is 93.9 cm³/mol. The van der Waals surface area contributed by atoms with Gasteiger partial charge in [0.15, 0.2) is 16.7 Å². The number of anilines is 2. The van der Waals surface area contributed by atoms with Crippen LogP contribution in [0.5, 0.6) is 0 Å². The fourth-order valence-corrected chi connectivity index (χ4v) is 2.60. The maximum absolute atomic E-state index is 12.3. The number of aromatic nitrogens is 2. The van der Waals surface area contributed by atoms with Crippen molar-refractivity contribution in [1.29, 1.82) is 0 Å². The zero-order chi connectivity index (χ0) is 19.3. The number of amides is 2. The van der Waals surface area contributed by atoms with Gasteiger partial charge in [-0.15, -0.1) is 0 Å². The van der Waals surface area contributed by atoms with Gasteiger partial charge in [0.2, 0.25) is 5.91 Å². The lowest BCUT2D eigenvalue weighted by Gasteiger charge is -2.14. The first kappa shape index (κ1) is 19.2. The lowest BCUT2D eigenvalue weighted by molar-refractivity contribution is -0.304. The van der Waals surface area contributed by atoms with E-state index in [0.29, 0.717) is 5.56 Å². The van der Waals surface area contributed by atoms with E-state index in [1.807, 2.05) is 0 Å². The summed E-state index contributed by atoms with van der Waals surface area (Å²) in [5.41, 5.74) is -0.676. The minimum absolute atomic E-state index is 0.0341. The zero-order valence-corrected chi connectivity index (χ0v) is 14.7. The number of aromatic amines is 1. The molecule has 136 valence electrons. The van der Waals surface area contributed by atoms with Gasteiger partial charge in [-0.3, -0.25) is 19.4 Å². The van der Waals surface area contributed by atoms with Crippen molar-refractivity contribution >= 4 is 41.1 Å². The number of carbonyl (C=O) groups excluding carboxylic acids is 3. The lowest BCUT2D eigenvalue weighted by atomic mass is 10.2. The summed E-state index contributed by atoms with van der Waals surface area (Å²) in [6.07, 6.45) is 0. The molecule has 0 aliphatic rings. The molecule has 1 atom stereocenters. The molecule has 2 aromatic rings. The van der Waals surface area contributed by atoms with Crippen molar-refractivity contribution in [3.8, 4) is 0 Å². The van der Waals surface area contributed by atoms with Gasteiger partial charge in [-0.1, -0.05) is 30.0 Å². The Hall–Kier alpha value is -3.14. The normalized spacial score (nSPS) is 11.5. The van der Waals surface area contributed by atoms with E-state index < -0.39 is 28.6 Å². The molecule has 0 aliphatic carbocycles. The van der Waals surface area contributed by atoms with Crippen LogP contribution in [0.3, 0.4) is 0 Å². The number of carboxylic acids is 1. The second kappa shape index (κ2) is 8.30. The van der Waals surface area contributed by atoms with Crippen molar-refractivity contribution in [2.45, 2.75) is 24.3 Å². The second-order valence-corrected chi connectivity index (χ2v) is 6.50. The first-order chi connectivity index (χ1) is 12.3. The van der Waals surface area contributed by atoms with Crippen molar-refractivity contribution in [2.75, 3.05) is 10.6 Å². The minimum atomic E-state index is -1.33. The number of rotatable bonds is 6. The van der Waals surface area contributed by atoms with Crippen LogP contribution in [0.25, 0.3) is 0 Å². The molecule has 0 bridgehead atoms. The molecule has 9 nitrogen and oxygen atoms in total. The number of H-pyrrole nitrogens is 1. The van der Waals surface area contributed by atoms with Gasteiger partial charge in [-0.05, 0) is 19.1 Å².